The van der Waals surface area contributed by atoms with Crippen molar-refractivity contribution in [3.8, 4) is 0 Å². The van der Waals surface area contributed by atoms with Gasteiger partial charge in [-0.3, -0.25) is 4.79 Å². The van der Waals surface area contributed by atoms with Crippen LogP contribution in [0.2, 0.25) is 0 Å². The predicted octanol–water partition coefficient (Wildman–Crippen LogP) is 4.61. The average Bonchev–Trinajstić information content (AvgIpc) is 2.89. The Hall–Kier alpha value is -3.81. The second-order valence-electron chi connectivity index (χ2n) is 9.07. The number of hydrogen-bond acceptors (Lipinski definition) is 6. The van der Waals surface area contributed by atoms with E-state index in [0.29, 0.717) is 36.7 Å². The van der Waals surface area contributed by atoms with Gasteiger partial charge >= 0.3 is 11.7 Å². The van der Waals surface area contributed by atoms with Gasteiger partial charge in [-0.2, -0.15) is 0 Å². The third kappa shape index (κ3) is 6.24. The fourth-order valence-corrected chi connectivity index (χ4v) is 4.62. The summed E-state index contributed by atoms with van der Waals surface area (Å²) in [6.45, 7) is 6.05. The lowest BCUT2D eigenvalue weighted by atomic mass is 9.91. The molecule has 0 atom stereocenters. The second-order valence-corrected chi connectivity index (χ2v) is 9.07. The molecule has 1 heterocycles. The number of alkyl carbamates (subject to hydrolysis) is 1. The van der Waals surface area contributed by atoms with Crippen molar-refractivity contribution in [3.05, 3.63) is 76.1 Å². The van der Waals surface area contributed by atoms with Gasteiger partial charge in [-0.25, -0.2) is 9.59 Å². The fourth-order valence-electron chi connectivity index (χ4n) is 4.62. The van der Waals surface area contributed by atoms with Gasteiger partial charge in [0.15, 0.2) is 0 Å². The number of amides is 2. The summed E-state index contributed by atoms with van der Waals surface area (Å²) in [6.07, 6.45) is 2.38. The Labute approximate surface area is 210 Å². The summed E-state index contributed by atoms with van der Waals surface area (Å²) in [5.74, 6) is -0.433. The van der Waals surface area contributed by atoms with Crippen LogP contribution < -0.4 is 21.2 Å². The molecule has 8 nitrogen and oxygen atoms in total. The Balaban J connectivity index is 1.29. The normalized spacial score (nSPS) is 17.4. The van der Waals surface area contributed by atoms with Gasteiger partial charge < -0.3 is 24.7 Å². The Morgan fingerprint density at radius 1 is 0.944 bits per heavy atom. The van der Waals surface area contributed by atoms with Crippen LogP contribution in [0.1, 0.15) is 55.5 Å². The smallest absolute Gasteiger partial charge is 0.407 e. The van der Waals surface area contributed by atoms with Crippen LogP contribution in [0.3, 0.4) is 0 Å². The van der Waals surface area contributed by atoms with Crippen molar-refractivity contribution in [2.75, 3.05) is 18.0 Å². The molecule has 1 aromatic heterocycles. The minimum atomic E-state index is -0.645. The number of ether oxygens (including phenoxy) is 1. The fraction of sp³-hybridized carbons (Fsp3) is 0.393. The molecule has 1 aliphatic carbocycles. The van der Waals surface area contributed by atoms with Crippen LogP contribution in [0.15, 0.2) is 63.8 Å². The molecule has 0 aliphatic heterocycles. The molecule has 1 aliphatic rings. The molecule has 2 aromatic carbocycles. The summed E-state index contributed by atoms with van der Waals surface area (Å²) in [5.41, 5.74) is 1.73. The van der Waals surface area contributed by atoms with Crippen molar-refractivity contribution < 1.29 is 18.7 Å². The molecule has 2 N–H and O–H groups in total. The van der Waals surface area contributed by atoms with E-state index in [9.17, 15) is 14.4 Å². The van der Waals surface area contributed by atoms with Crippen molar-refractivity contribution in [2.24, 2.45) is 0 Å². The summed E-state index contributed by atoms with van der Waals surface area (Å²) in [5, 5.41) is 6.57. The third-order valence-electron chi connectivity index (χ3n) is 6.69. The van der Waals surface area contributed by atoms with Crippen LogP contribution in [-0.4, -0.2) is 37.2 Å². The van der Waals surface area contributed by atoms with Gasteiger partial charge in [-0.15, -0.1) is 0 Å². The van der Waals surface area contributed by atoms with E-state index in [2.05, 4.69) is 29.4 Å². The first kappa shape index (κ1) is 25.3. The molecule has 0 bridgehead atoms. The maximum Gasteiger partial charge on any atom is 0.407 e. The molecule has 4 rings (SSSR count). The maximum atomic E-state index is 12.9. The zero-order chi connectivity index (χ0) is 25.5. The highest BCUT2D eigenvalue weighted by molar-refractivity contribution is 5.97. The molecule has 3 aromatic rings. The molecule has 8 heteroatoms. The van der Waals surface area contributed by atoms with E-state index in [1.54, 1.807) is 6.07 Å². The van der Waals surface area contributed by atoms with Crippen molar-refractivity contribution in [3.63, 3.8) is 0 Å². The Morgan fingerprint density at radius 3 is 2.28 bits per heavy atom. The third-order valence-corrected chi connectivity index (χ3v) is 6.69. The molecule has 1 saturated carbocycles. The molecule has 0 spiro atoms. The minimum Gasteiger partial charge on any atom is -0.445 e. The molecule has 2 amide bonds. The van der Waals surface area contributed by atoms with E-state index in [0.717, 1.165) is 24.3 Å². The number of carbonyl (C=O) groups excluding carboxylic acids is 2. The SMILES string of the molecule is CCN(CC)c1ccc2cc(C(=O)N[C@H]3CC[C@H](NC(=O)OCc4ccccc4)CC3)c(=O)oc2c1. The number of carbonyl (C=O) groups is 2. The van der Waals surface area contributed by atoms with E-state index in [-0.39, 0.29) is 24.3 Å². The van der Waals surface area contributed by atoms with E-state index in [1.807, 2.05) is 48.5 Å². The summed E-state index contributed by atoms with van der Waals surface area (Å²) >= 11 is 0. The zero-order valence-corrected chi connectivity index (χ0v) is 20.8. The average molecular weight is 492 g/mol. The van der Waals surface area contributed by atoms with Gasteiger partial charge in [-0.1, -0.05) is 30.3 Å². The number of rotatable bonds is 8. The van der Waals surface area contributed by atoms with E-state index in [4.69, 9.17) is 9.15 Å². The van der Waals surface area contributed by atoms with Crippen molar-refractivity contribution in [1.82, 2.24) is 10.6 Å². The molecule has 0 radical (unpaired) electrons. The molecule has 0 saturated heterocycles. The van der Waals surface area contributed by atoms with Crippen LogP contribution in [0.25, 0.3) is 11.0 Å². The second kappa shape index (κ2) is 11.7. The predicted molar refractivity (Wildman–Crippen MR) is 139 cm³/mol. The molecule has 0 unspecified atom stereocenters. The summed E-state index contributed by atoms with van der Waals surface area (Å²) in [6, 6.07) is 16.7. The molecule has 190 valence electrons. The van der Waals surface area contributed by atoms with Crippen LogP contribution in [-0.2, 0) is 11.3 Å². The van der Waals surface area contributed by atoms with Crippen LogP contribution in [0.5, 0.6) is 0 Å². The number of nitrogens with zero attached hydrogens (tertiary/aromatic N) is 1. The summed E-state index contributed by atoms with van der Waals surface area (Å²) < 4.78 is 10.8. The largest absolute Gasteiger partial charge is 0.445 e. The highest BCUT2D eigenvalue weighted by atomic mass is 16.5. The Morgan fingerprint density at radius 2 is 1.61 bits per heavy atom. The lowest BCUT2D eigenvalue weighted by Crippen LogP contribution is -2.44. The first-order chi connectivity index (χ1) is 17.5. The molecular formula is C28H33N3O5. The Kier molecular flexibility index (Phi) is 8.25. The van der Waals surface area contributed by atoms with Crippen LogP contribution in [0.4, 0.5) is 10.5 Å². The number of nitrogens with one attached hydrogen (secondary N) is 2. The lowest BCUT2D eigenvalue weighted by molar-refractivity contribution is 0.0917. The van der Waals surface area contributed by atoms with Gasteiger partial charge in [0, 0.05) is 42.3 Å². The van der Waals surface area contributed by atoms with E-state index >= 15 is 0 Å². The van der Waals surface area contributed by atoms with Crippen LogP contribution >= 0.6 is 0 Å². The number of anilines is 1. The van der Waals surface area contributed by atoms with Gasteiger partial charge in [-0.05, 0) is 63.3 Å². The number of benzene rings is 2. The van der Waals surface area contributed by atoms with Crippen molar-refractivity contribution in [2.45, 2.75) is 58.2 Å². The zero-order valence-electron chi connectivity index (χ0n) is 20.8. The topological polar surface area (TPSA) is 101 Å². The summed E-state index contributed by atoms with van der Waals surface area (Å²) in [7, 11) is 0. The molecule has 36 heavy (non-hydrogen) atoms. The first-order valence-corrected chi connectivity index (χ1v) is 12.6. The molecular weight excluding hydrogens is 458 g/mol. The van der Waals surface area contributed by atoms with E-state index < -0.39 is 17.6 Å². The van der Waals surface area contributed by atoms with Crippen molar-refractivity contribution in [1.29, 1.82) is 0 Å². The minimum absolute atomic E-state index is 0.00262. The standard InChI is InChI=1S/C28H33N3O5/c1-3-31(4-2)23-15-10-20-16-24(27(33)36-25(20)17-23)26(32)29-21-11-13-22(14-12-21)30-28(34)35-18-19-8-6-5-7-9-19/h5-10,15-17,21-22H,3-4,11-14,18H2,1-2H3,(H,29,32)(H,30,34)/t21-,22-. The highest BCUT2D eigenvalue weighted by Crippen LogP contribution is 2.23. The van der Waals surface area contributed by atoms with Gasteiger partial charge in [0.25, 0.3) is 5.91 Å². The van der Waals surface area contributed by atoms with Crippen LogP contribution in [0, 0.1) is 0 Å². The van der Waals surface area contributed by atoms with Crippen molar-refractivity contribution >= 4 is 28.7 Å². The quantitative estimate of drug-likeness (QED) is 0.447. The lowest BCUT2D eigenvalue weighted by Gasteiger charge is -2.29. The highest BCUT2D eigenvalue weighted by Gasteiger charge is 2.25. The summed E-state index contributed by atoms with van der Waals surface area (Å²) in [4.78, 5) is 39.7. The van der Waals surface area contributed by atoms with Gasteiger partial charge in [0.1, 0.15) is 17.8 Å². The Bertz CT molecular complexity index is 1250. The first-order valence-electron chi connectivity index (χ1n) is 12.6. The van der Waals surface area contributed by atoms with E-state index in [1.165, 1.54) is 0 Å². The number of hydrogen-bond donors (Lipinski definition) is 2. The van der Waals surface area contributed by atoms with Gasteiger partial charge in [0.05, 0.1) is 0 Å². The maximum absolute atomic E-state index is 12.9. The molecule has 1 fully saturated rings. The number of fused-ring (bicyclic) bond motifs is 1. The van der Waals surface area contributed by atoms with Gasteiger partial charge in [0.2, 0.25) is 0 Å². The monoisotopic (exact) mass is 491 g/mol.